The van der Waals surface area contributed by atoms with Gasteiger partial charge in [-0.3, -0.25) is 0 Å². The largest absolute Gasteiger partial charge is 0.198 e. The lowest BCUT2D eigenvalue weighted by molar-refractivity contribution is 0.363. The molecule has 72 valence electrons. The fraction of sp³-hybridized carbons (Fsp3) is 0.750. The Labute approximate surface area is 81.5 Å². The van der Waals surface area contributed by atoms with Gasteiger partial charge in [-0.25, -0.2) is 0 Å². The molecule has 0 saturated heterocycles. The van der Waals surface area contributed by atoms with Gasteiger partial charge in [0.1, 0.15) is 0 Å². The molecule has 0 aromatic carbocycles. The summed E-state index contributed by atoms with van der Waals surface area (Å²) in [5.41, 5.74) is 1.19. The van der Waals surface area contributed by atoms with Crippen LogP contribution in [0.4, 0.5) is 0 Å². The van der Waals surface area contributed by atoms with Crippen LogP contribution in [0.25, 0.3) is 0 Å². The second kappa shape index (κ2) is 3.96. The predicted octanol–water partition coefficient (Wildman–Crippen LogP) is 3.67. The molecule has 1 heteroatoms. The molecule has 13 heavy (non-hydrogen) atoms. The monoisotopic (exact) mass is 177 g/mol. The van der Waals surface area contributed by atoms with E-state index in [0.717, 1.165) is 31.6 Å². The van der Waals surface area contributed by atoms with E-state index in [-0.39, 0.29) is 5.41 Å². The molecule has 0 spiro atoms. The summed E-state index contributed by atoms with van der Waals surface area (Å²) < 4.78 is 0. The molecule has 0 heterocycles. The van der Waals surface area contributed by atoms with Gasteiger partial charge < -0.3 is 0 Å². The summed E-state index contributed by atoms with van der Waals surface area (Å²) in [6.07, 6.45) is 5.45. The average Bonchev–Trinajstić information content (AvgIpc) is 2.45. The molecule has 0 aromatic rings. The lowest BCUT2D eigenvalue weighted by Crippen LogP contribution is -2.14. The van der Waals surface area contributed by atoms with Crippen LogP contribution in [0, 0.1) is 22.7 Å². The van der Waals surface area contributed by atoms with E-state index in [4.69, 9.17) is 5.26 Å². The van der Waals surface area contributed by atoms with E-state index in [9.17, 15) is 0 Å². The first-order valence-corrected chi connectivity index (χ1v) is 5.14. The van der Waals surface area contributed by atoms with Crippen molar-refractivity contribution in [3.63, 3.8) is 0 Å². The van der Waals surface area contributed by atoms with Crippen molar-refractivity contribution in [1.29, 1.82) is 5.26 Å². The van der Waals surface area contributed by atoms with E-state index >= 15 is 0 Å². The Kier molecular flexibility index (Phi) is 3.14. The molecule has 0 radical (unpaired) electrons. The number of hydrogen-bond acceptors (Lipinski definition) is 1. The number of allylic oxidation sites excluding steroid dienone is 1. The number of hydrogen-bond donors (Lipinski definition) is 0. The lowest BCUT2D eigenvalue weighted by atomic mass is 9.81. The van der Waals surface area contributed by atoms with Crippen LogP contribution in [0.2, 0.25) is 0 Å². The van der Waals surface area contributed by atoms with Gasteiger partial charge in [-0.15, -0.1) is 6.58 Å². The Bertz CT molecular complexity index is 236. The van der Waals surface area contributed by atoms with Gasteiger partial charge in [-0.2, -0.15) is 5.26 Å². The van der Waals surface area contributed by atoms with Crippen LogP contribution in [0.5, 0.6) is 0 Å². The van der Waals surface area contributed by atoms with Crippen molar-refractivity contribution in [1.82, 2.24) is 0 Å². The predicted molar refractivity (Wildman–Crippen MR) is 55.1 cm³/mol. The van der Waals surface area contributed by atoms with Gasteiger partial charge in [0.25, 0.3) is 0 Å². The molecule has 1 nitrogen and oxygen atoms in total. The molecule has 1 fully saturated rings. The SMILES string of the molecule is C=C(C)CCC1(C#N)CCC(C)C1. The maximum absolute atomic E-state index is 9.17. The summed E-state index contributed by atoms with van der Waals surface area (Å²) in [6.45, 7) is 8.19. The van der Waals surface area contributed by atoms with Gasteiger partial charge in [0.2, 0.25) is 0 Å². The maximum atomic E-state index is 9.17. The van der Waals surface area contributed by atoms with E-state index < -0.39 is 0 Å². The molecule has 1 saturated carbocycles. The molecule has 0 aliphatic heterocycles. The zero-order valence-electron chi connectivity index (χ0n) is 8.77. The molecule has 2 unspecified atom stereocenters. The molecule has 0 amide bonds. The minimum atomic E-state index is -0.0155. The minimum Gasteiger partial charge on any atom is -0.198 e. The minimum absolute atomic E-state index is 0.0155. The highest BCUT2D eigenvalue weighted by molar-refractivity contribution is 5.05. The summed E-state index contributed by atoms with van der Waals surface area (Å²) in [6, 6.07) is 2.52. The highest BCUT2D eigenvalue weighted by Gasteiger charge is 2.36. The molecule has 1 rings (SSSR count). The van der Waals surface area contributed by atoms with Gasteiger partial charge in [0.15, 0.2) is 0 Å². The molecular weight excluding hydrogens is 158 g/mol. The first kappa shape index (κ1) is 10.3. The quantitative estimate of drug-likeness (QED) is 0.603. The van der Waals surface area contributed by atoms with Crippen LogP contribution < -0.4 is 0 Å². The topological polar surface area (TPSA) is 23.8 Å². The van der Waals surface area contributed by atoms with Crippen molar-refractivity contribution in [2.45, 2.75) is 46.0 Å². The maximum Gasteiger partial charge on any atom is 0.0689 e. The van der Waals surface area contributed by atoms with Crippen molar-refractivity contribution in [2.75, 3.05) is 0 Å². The van der Waals surface area contributed by atoms with Crippen LogP contribution in [-0.2, 0) is 0 Å². The van der Waals surface area contributed by atoms with E-state index in [1.54, 1.807) is 0 Å². The van der Waals surface area contributed by atoms with E-state index in [1.165, 1.54) is 12.0 Å². The summed E-state index contributed by atoms with van der Waals surface area (Å²) in [5, 5.41) is 9.17. The van der Waals surface area contributed by atoms with E-state index in [0.29, 0.717) is 0 Å². The Morgan fingerprint density at radius 2 is 2.38 bits per heavy atom. The lowest BCUT2D eigenvalue weighted by Gasteiger charge is -2.20. The van der Waals surface area contributed by atoms with E-state index in [2.05, 4.69) is 19.6 Å². The van der Waals surface area contributed by atoms with Gasteiger partial charge in [-0.1, -0.05) is 12.5 Å². The first-order valence-electron chi connectivity index (χ1n) is 5.14. The molecule has 1 aliphatic carbocycles. The molecule has 2 atom stereocenters. The third kappa shape index (κ3) is 2.59. The number of nitriles is 1. The third-order valence-corrected chi connectivity index (χ3v) is 3.12. The van der Waals surface area contributed by atoms with Gasteiger partial charge >= 0.3 is 0 Å². The molecule has 1 aliphatic rings. The second-order valence-corrected chi connectivity index (χ2v) is 4.70. The zero-order valence-corrected chi connectivity index (χ0v) is 8.77. The van der Waals surface area contributed by atoms with Crippen molar-refractivity contribution in [3.05, 3.63) is 12.2 Å². The Morgan fingerprint density at radius 1 is 1.69 bits per heavy atom. The summed E-state index contributed by atoms with van der Waals surface area (Å²) in [5.74, 6) is 0.741. The molecular formula is C12H19N. The van der Waals surface area contributed by atoms with Gasteiger partial charge in [0.05, 0.1) is 11.5 Å². The van der Waals surface area contributed by atoms with Crippen molar-refractivity contribution >= 4 is 0 Å². The third-order valence-electron chi connectivity index (χ3n) is 3.12. The second-order valence-electron chi connectivity index (χ2n) is 4.70. The van der Waals surface area contributed by atoms with Crippen LogP contribution in [0.15, 0.2) is 12.2 Å². The van der Waals surface area contributed by atoms with Crippen LogP contribution in [-0.4, -0.2) is 0 Å². The number of rotatable bonds is 3. The van der Waals surface area contributed by atoms with Crippen LogP contribution in [0.3, 0.4) is 0 Å². The number of nitrogens with zero attached hydrogens (tertiary/aromatic N) is 1. The molecule has 0 aromatic heterocycles. The summed E-state index contributed by atoms with van der Waals surface area (Å²) >= 11 is 0. The fourth-order valence-electron chi connectivity index (χ4n) is 2.23. The Morgan fingerprint density at radius 3 is 2.77 bits per heavy atom. The fourth-order valence-corrected chi connectivity index (χ4v) is 2.23. The highest BCUT2D eigenvalue weighted by atomic mass is 14.4. The summed E-state index contributed by atoms with van der Waals surface area (Å²) in [4.78, 5) is 0. The summed E-state index contributed by atoms with van der Waals surface area (Å²) in [7, 11) is 0. The van der Waals surface area contributed by atoms with Gasteiger partial charge in [-0.05, 0) is 44.9 Å². The van der Waals surface area contributed by atoms with Gasteiger partial charge in [0, 0.05) is 0 Å². The highest BCUT2D eigenvalue weighted by Crippen LogP contribution is 2.44. The van der Waals surface area contributed by atoms with Crippen LogP contribution >= 0.6 is 0 Å². The van der Waals surface area contributed by atoms with Crippen molar-refractivity contribution < 1.29 is 0 Å². The zero-order chi connectivity index (χ0) is 9.90. The molecule has 0 N–H and O–H groups in total. The molecule has 0 bridgehead atoms. The average molecular weight is 177 g/mol. The Hall–Kier alpha value is -0.770. The smallest absolute Gasteiger partial charge is 0.0689 e. The standard InChI is InChI=1S/C12H19N/c1-10(2)4-6-12(9-13)7-5-11(3)8-12/h11H,1,4-8H2,2-3H3. The van der Waals surface area contributed by atoms with E-state index in [1.807, 2.05) is 6.92 Å². The normalized spacial score (nSPS) is 32.8. The van der Waals surface area contributed by atoms with Crippen molar-refractivity contribution in [2.24, 2.45) is 11.3 Å². The first-order chi connectivity index (χ1) is 6.08. The van der Waals surface area contributed by atoms with Crippen LogP contribution in [0.1, 0.15) is 46.0 Å². The Balaban J connectivity index is 2.52. The van der Waals surface area contributed by atoms with Crippen molar-refractivity contribution in [3.8, 4) is 6.07 Å².